The van der Waals surface area contributed by atoms with Crippen molar-refractivity contribution in [1.29, 1.82) is 0 Å². The number of piperazine rings is 1. The lowest BCUT2D eigenvalue weighted by Crippen LogP contribution is -2.49. The van der Waals surface area contributed by atoms with Crippen LogP contribution in [0.1, 0.15) is 49.8 Å². The molecule has 5 heterocycles. The fraction of sp³-hybridized carbons (Fsp3) is 0.483. The van der Waals surface area contributed by atoms with Gasteiger partial charge in [0, 0.05) is 43.3 Å². The number of methoxy groups -OCH3 is 1. The molecule has 0 saturated carbocycles. The monoisotopic (exact) mass is 575 g/mol. The Morgan fingerprint density at radius 1 is 1.17 bits per heavy atom. The summed E-state index contributed by atoms with van der Waals surface area (Å²) in [4.78, 5) is 25.7. The van der Waals surface area contributed by atoms with Crippen LogP contribution in [0.25, 0.3) is 11.0 Å². The van der Waals surface area contributed by atoms with Crippen molar-refractivity contribution < 1.29 is 18.8 Å². The summed E-state index contributed by atoms with van der Waals surface area (Å²) in [5.74, 6) is 2.24. The van der Waals surface area contributed by atoms with Gasteiger partial charge in [-0.05, 0) is 45.7 Å². The molecule has 0 radical (unpaired) electrons. The second-order valence-electron chi connectivity index (χ2n) is 12.0. The number of rotatable bonds is 8. The second-order valence-corrected chi connectivity index (χ2v) is 12.0. The first-order chi connectivity index (χ1) is 20.1. The molecule has 2 aliphatic heterocycles. The first-order valence-corrected chi connectivity index (χ1v) is 14.1. The molecular weight excluding hydrogens is 538 g/mol. The van der Waals surface area contributed by atoms with Crippen molar-refractivity contribution in [2.45, 2.75) is 71.4 Å². The number of nitrogen functional groups attached to an aromatic ring is 1. The van der Waals surface area contributed by atoms with E-state index >= 15 is 0 Å². The highest BCUT2D eigenvalue weighted by Gasteiger charge is 2.46. The van der Waals surface area contributed by atoms with Crippen molar-refractivity contribution in [3.63, 3.8) is 0 Å². The van der Waals surface area contributed by atoms with Crippen LogP contribution < -0.4 is 15.8 Å². The summed E-state index contributed by atoms with van der Waals surface area (Å²) in [6, 6.07) is 8.66. The standard InChI is InChI=1S/C29H37N9O4/c1-17-8-20(35-42-17)11-31-26-25-23(33-27(30)34-26)12-32-38(25)14-19-7-6-18(9-24(19)40-5)13-36-15-22-10-21(36)16-37(22)28(39)41-29(2,3)4/h6-9,12,21-22H,10-11,13-16H2,1-5H3,(H3,30,31,33,34)/t21-,22-/m0/s1. The van der Waals surface area contributed by atoms with E-state index in [9.17, 15) is 4.79 Å². The van der Waals surface area contributed by atoms with E-state index in [1.807, 2.05) is 43.3 Å². The summed E-state index contributed by atoms with van der Waals surface area (Å²) in [7, 11) is 1.68. The first kappa shape index (κ1) is 27.8. The number of ether oxygens (including phenoxy) is 2. The minimum absolute atomic E-state index is 0.160. The molecule has 2 aliphatic rings. The molecule has 3 N–H and O–H groups in total. The number of aryl methyl sites for hydroxylation is 1. The smallest absolute Gasteiger partial charge is 0.410 e. The third kappa shape index (κ3) is 5.69. The predicted molar refractivity (Wildman–Crippen MR) is 156 cm³/mol. The van der Waals surface area contributed by atoms with Crippen LogP contribution >= 0.6 is 0 Å². The number of nitrogens with two attached hydrogens (primary N) is 1. The van der Waals surface area contributed by atoms with Gasteiger partial charge in [0.05, 0.1) is 26.4 Å². The minimum Gasteiger partial charge on any atom is -0.496 e. The van der Waals surface area contributed by atoms with Crippen LogP contribution in [0, 0.1) is 6.92 Å². The van der Waals surface area contributed by atoms with Gasteiger partial charge in [0.25, 0.3) is 0 Å². The van der Waals surface area contributed by atoms with E-state index in [1.165, 1.54) is 0 Å². The van der Waals surface area contributed by atoms with Gasteiger partial charge < -0.3 is 29.9 Å². The van der Waals surface area contributed by atoms with E-state index < -0.39 is 5.60 Å². The number of anilines is 2. The summed E-state index contributed by atoms with van der Waals surface area (Å²) in [5.41, 5.74) is 9.74. The Bertz CT molecular complexity index is 1610. The van der Waals surface area contributed by atoms with Crippen LogP contribution in [-0.4, -0.2) is 78.7 Å². The fourth-order valence-electron chi connectivity index (χ4n) is 5.84. The van der Waals surface area contributed by atoms with Crippen molar-refractivity contribution >= 4 is 28.9 Å². The van der Waals surface area contributed by atoms with E-state index in [4.69, 9.17) is 19.7 Å². The third-order valence-electron chi connectivity index (χ3n) is 7.66. The predicted octanol–water partition coefficient (Wildman–Crippen LogP) is 3.57. The second kappa shape index (κ2) is 10.8. The zero-order valence-corrected chi connectivity index (χ0v) is 24.6. The van der Waals surface area contributed by atoms with E-state index in [1.54, 1.807) is 13.3 Å². The van der Waals surface area contributed by atoms with Gasteiger partial charge in [0.2, 0.25) is 5.95 Å². The maximum atomic E-state index is 12.6. The van der Waals surface area contributed by atoms with Crippen molar-refractivity contribution in [1.82, 2.24) is 34.7 Å². The SMILES string of the molecule is COc1cc(CN2C[C@@H]3C[C@H]2CN3C(=O)OC(C)(C)C)ccc1Cn1ncc2nc(N)nc(NCc3cc(C)on3)c21. The number of amides is 1. The first-order valence-electron chi connectivity index (χ1n) is 14.1. The number of hydrogen-bond acceptors (Lipinski definition) is 11. The van der Waals surface area contributed by atoms with E-state index in [0.29, 0.717) is 37.0 Å². The molecule has 2 saturated heterocycles. The molecule has 6 rings (SSSR count). The lowest BCUT2D eigenvalue weighted by Gasteiger charge is -2.35. The van der Waals surface area contributed by atoms with Crippen LogP contribution in [0.15, 0.2) is 35.0 Å². The van der Waals surface area contributed by atoms with Gasteiger partial charge in [-0.1, -0.05) is 17.3 Å². The van der Waals surface area contributed by atoms with Gasteiger partial charge in [-0.3, -0.25) is 9.58 Å². The number of aromatic nitrogens is 5. The Morgan fingerprint density at radius 2 is 2.00 bits per heavy atom. The molecule has 1 aromatic carbocycles. The van der Waals surface area contributed by atoms with Gasteiger partial charge >= 0.3 is 6.09 Å². The van der Waals surface area contributed by atoms with Gasteiger partial charge in [0.15, 0.2) is 5.82 Å². The number of nitrogens with one attached hydrogen (secondary N) is 1. The van der Waals surface area contributed by atoms with Gasteiger partial charge in [-0.2, -0.15) is 10.1 Å². The number of fused-ring (bicyclic) bond motifs is 3. The topological polar surface area (TPSA) is 150 Å². The van der Waals surface area contributed by atoms with Gasteiger partial charge in [-0.25, -0.2) is 9.78 Å². The molecule has 13 heteroatoms. The highest BCUT2D eigenvalue weighted by molar-refractivity contribution is 5.86. The fourth-order valence-corrected chi connectivity index (χ4v) is 5.84. The average Bonchev–Trinajstić information content (AvgIpc) is 3.72. The van der Waals surface area contributed by atoms with Crippen molar-refractivity contribution in [3.05, 3.63) is 53.0 Å². The molecule has 42 heavy (non-hydrogen) atoms. The zero-order valence-electron chi connectivity index (χ0n) is 24.6. The summed E-state index contributed by atoms with van der Waals surface area (Å²) in [6.07, 6.45) is 2.44. The molecule has 2 bridgehead atoms. The molecule has 3 aromatic heterocycles. The Labute approximate surface area is 243 Å². The molecule has 222 valence electrons. The Balaban J connectivity index is 1.15. The number of nitrogens with zero attached hydrogens (tertiary/aromatic N) is 7. The van der Waals surface area contributed by atoms with Crippen LogP contribution in [0.3, 0.4) is 0 Å². The zero-order chi connectivity index (χ0) is 29.6. The Morgan fingerprint density at radius 3 is 2.69 bits per heavy atom. The lowest BCUT2D eigenvalue weighted by atomic mass is 10.1. The van der Waals surface area contributed by atoms with Crippen molar-refractivity contribution in [3.8, 4) is 5.75 Å². The Kier molecular flexibility index (Phi) is 7.13. The normalized spacial score (nSPS) is 18.6. The molecule has 1 amide bonds. The van der Waals surface area contributed by atoms with Crippen LogP contribution in [0.4, 0.5) is 16.6 Å². The van der Waals surface area contributed by atoms with Gasteiger partial charge in [0.1, 0.15) is 33.8 Å². The number of hydrogen-bond donors (Lipinski definition) is 2. The number of likely N-dealkylation sites (tertiary alicyclic amines) is 2. The summed E-state index contributed by atoms with van der Waals surface area (Å²) >= 11 is 0. The maximum absolute atomic E-state index is 12.6. The quantitative estimate of drug-likeness (QED) is 0.317. The van der Waals surface area contributed by atoms with Crippen molar-refractivity contribution in [2.75, 3.05) is 31.2 Å². The third-order valence-corrected chi connectivity index (χ3v) is 7.66. The lowest BCUT2D eigenvalue weighted by molar-refractivity contribution is 0.0124. The summed E-state index contributed by atoms with van der Waals surface area (Å²) in [6.45, 7) is 10.7. The highest BCUT2D eigenvalue weighted by Crippen LogP contribution is 2.34. The molecule has 2 fully saturated rings. The van der Waals surface area contributed by atoms with E-state index in [2.05, 4.69) is 48.6 Å². The molecule has 0 unspecified atom stereocenters. The number of carbonyl (C=O) groups excluding carboxylic acids is 1. The Hall–Kier alpha value is -4.39. The van der Waals surface area contributed by atoms with E-state index in [-0.39, 0.29) is 18.1 Å². The molecule has 4 aromatic rings. The summed E-state index contributed by atoms with van der Waals surface area (Å²) < 4.78 is 18.4. The molecule has 2 atom stereocenters. The van der Waals surface area contributed by atoms with Crippen LogP contribution in [0.5, 0.6) is 5.75 Å². The van der Waals surface area contributed by atoms with Crippen LogP contribution in [0.2, 0.25) is 0 Å². The number of carbonyl (C=O) groups is 1. The summed E-state index contributed by atoms with van der Waals surface area (Å²) in [5, 5.41) is 11.9. The maximum Gasteiger partial charge on any atom is 0.410 e. The molecule has 0 aliphatic carbocycles. The highest BCUT2D eigenvalue weighted by atomic mass is 16.6. The largest absolute Gasteiger partial charge is 0.496 e. The van der Waals surface area contributed by atoms with Crippen LogP contribution in [-0.2, 0) is 24.4 Å². The molecular formula is C29H37N9O4. The average molecular weight is 576 g/mol. The van der Waals surface area contributed by atoms with Gasteiger partial charge in [-0.15, -0.1) is 0 Å². The van der Waals surface area contributed by atoms with Crippen molar-refractivity contribution in [2.24, 2.45) is 0 Å². The molecule has 0 spiro atoms. The molecule has 13 nitrogen and oxygen atoms in total. The van der Waals surface area contributed by atoms with E-state index in [0.717, 1.165) is 53.4 Å². The minimum atomic E-state index is -0.491. The number of benzene rings is 1.